The van der Waals surface area contributed by atoms with Crippen LogP contribution >= 0.6 is 0 Å². The van der Waals surface area contributed by atoms with Crippen molar-refractivity contribution in [1.29, 1.82) is 0 Å². The number of benzene rings is 1. The summed E-state index contributed by atoms with van der Waals surface area (Å²) in [5.74, 6) is 1.03. The Balaban J connectivity index is 1.97. The summed E-state index contributed by atoms with van der Waals surface area (Å²) in [5.41, 5.74) is 1.12. The van der Waals surface area contributed by atoms with Crippen LogP contribution in [0.1, 0.15) is 37.8 Å². The minimum atomic E-state index is 0.0614. The molecular formula is C15H23NO3. The number of aliphatic hydroxyl groups excluding tert-OH is 1. The zero-order valence-corrected chi connectivity index (χ0v) is 11.6. The van der Waals surface area contributed by atoms with E-state index in [1.165, 1.54) is 12.8 Å². The van der Waals surface area contributed by atoms with Crippen molar-refractivity contribution in [3.05, 3.63) is 23.8 Å². The number of aliphatic hydroxyl groups is 1. The summed E-state index contributed by atoms with van der Waals surface area (Å²) < 4.78 is 5.18. The second kappa shape index (κ2) is 5.80. The number of aromatic hydroxyl groups is 1. The van der Waals surface area contributed by atoms with E-state index in [0.29, 0.717) is 0 Å². The van der Waals surface area contributed by atoms with E-state index in [1.54, 1.807) is 19.2 Å². The van der Waals surface area contributed by atoms with E-state index in [0.717, 1.165) is 24.3 Å². The van der Waals surface area contributed by atoms with Gasteiger partial charge in [-0.25, -0.2) is 0 Å². The molecule has 0 amide bonds. The first kappa shape index (κ1) is 14.2. The zero-order valence-electron chi connectivity index (χ0n) is 11.6. The monoisotopic (exact) mass is 265 g/mol. The van der Waals surface area contributed by atoms with Gasteiger partial charge in [0.15, 0.2) is 0 Å². The van der Waals surface area contributed by atoms with Crippen LogP contribution in [0.4, 0.5) is 0 Å². The second-order valence-corrected chi connectivity index (χ2v) is 5.50. The number of ether oxygens (including phenoxy) is 1. The summed E-state index contributed by atoms with van der Waals surface area (Å²) >= 11 is 0. The third-order valence-corrected chi connectivity index (χ3v) is 4.08. The highest BCUT2D eigenvalue weighted by Gasteiger charge is 2.41. The van der Waals surface area contributed by atoms with Crippen LogP contribution in [0.3, 0.4) is 0 Å². The van der Waals surface area contributed by atoms with Crippen molar-refractivity contribution in [2.75, 3.05) is 20.3 Å². The van der Waals surface area contributed by atoms with Crippen LogP contribution in [-0.4, -0.2) is 30.5 Å². The Kier molecular flexibility index (Phi) is 4.32. The molecule has 1 aromatic carbocycles. The van der Waals surface area contributed by atoms with Gasteiger partial charge < -0.3 is 20.3 Å². The molecule has 2 rings (SSSR count). The molecule has 0 radical (unpaired) electrons. The summed E-state index contributed by atoms with van der Waals surface area (Å²) in [4.78, 5) is 0. The fourth-order valence-corrected chi connectivity index (χ4v) is 2.42. The molecule has 0 heterocycles. The van der Waals surface area contributed by atoms with Gasteiger partial charge in [0.2, 0.25) is 0 Å². The molecule has 1 fully saturated rings. The molecule has 106 valence electrons. The quantitative estimate of drug-likeness (QED) is 0.707. The van der Waals surface area contributed by atoms with Crippen LogP contribution in [-0.2, 0) is 0 Å². The Morgan fingerprint density at radius 3 is 2.74 bits per heavy atom. The van der Waals surface area contributed by atoms with E-state index in [4.69, 9.17) is 9.84 Å². The minimum absolute atomic E-state index is 0.0614. The molecule has 0 aliphatic heterocycles. The van der Waals surface area contributed by atoms with Crippen molar-refractivity contribution in [1.82, 2.24) is 5.32 Å². The van der Waals surface area contributed by atoms with Gasteiger partial charge in [0.1, 0.15) is 11.5 Å². The number of phenols is 1. The molecule has 0 bridgehead atoms. The largest absolute Gasteiger partial charge is 0.508 e. The van der Waals surface area contributed by atoms with Gasteiger partial charge in [-0.15, -0.1) is 0 Å². The van der Waals surface area contributed by atoms with Crippen LogP contribution in [0.25, 0.3) is 0 Å². The van der Waals surface area contributed by atoms with Crippen LogP contribution in [0.2, 0.25) is 0 Å². The van der Waals surface area contributed by atoms with E-state index >= 15 is 0 Å². The number of nitrogens with one attached hydrogen (secondary N) is 1. The smallest absolute Gasteiger partial charge is 0.120 e. The Labute approximate surface area is 114 Å². The van der Waals surface area contributed by atoms with E-state index in [2.05, 4.69) is 5.32 Å². The molecule has 1 unspecified atom stereocenters. The highest BCUT2D eigenvalue weighted by Crippen LogP contribution is 2.48. The van der Waals surface area contributed by atoms with E-state index in [-0.39, 0.29) is 23.8 Å². The topological polar surface area (TPSA) is 61.7 Å². The average Bonchev–Trinajstić information content (AvgIpc) is 3.17. The maximum atomic E-state index is 9.91. The van der Waals surface area contributed by atoms with Crippen LogP contribution < -0.4 is 10.1 Å². The highest BCUT2D eigenvalue weighted by atomic mass is 16.5. The molecule has 1 aliphatic rings. The normalized spacial score (nSPS) is 18.1. The second-order valence-electron chi connectivity index (χ2n) is 5.50. The molecular weight excluding hydrogens is 242 g/mol. The Morgan fingerprint density at radius 1 is 1.42 bits per heavy atom. The van der Waals surface area contributed by atoms with Crippen molar-refractivity contribution in [2.45, 2.75) is 32.2 Å². The van der Waals surface area contributed by atoms with Crippen molar-refractivity contribution < 1.29 is 14.9 Å². The van der Waals surface area contributed by atoms with E-state index < -0.39 is 0 Å². The molecule has 1 aliphatic carbocycles. The molecule has 0 aromatic heterocycles. The maximum Gasteiger partial charge on any atom is 0.120 e. The number of hydrogen-bond acceptors (Lipinski definition) is 4. The molecule has 4 nitrogen and oxygen atoms in total. The van der Waals surface area contributed by atoms with Crippen LogP contribution in [0.15, 0.2) is 18.2 Å². The summed E-state index contributed by atoms with van der Waals surface area (Å²) in [7, 11) is 1.62. The lowest BCUT2D eigenvalue weighted by Gasteiger charge is -2.20. The number of rotatable bonds is 7. The predicted molar refractivity (Wildman–Crippen MR) is 74.4 cm³/mol. The van der Waals surface area contributed by atoms with Gasteiger partial charge in [0.05, 0.1) is 7.11 Å². The van der Waals surface area contributed by atoms with Crippen molar-refractivity contribution in [2.24, 2.45) is 5.41 Å². The Bertz CT molecular complexity index is 429. The molecule has 1 atom stereocenters. The van der Waals surface area contributed by atoms with Crippen LogP contribution in [0.5, 0.6) is 11.5 Å². The zero-order chi connectivity index (χ0) is 13.9. The number of phenolic OH excluding ortho intramolecular Hbond substituents is 1. The van der Waals surface area contributed by atoms with E-state index in [1.807, 2.05) is 13.0 Å². The fourth-order valence-electron chi connectivity index (χ4n) is 2.42. The number of methoxy groups -OCH3 is 1. The lowest BCUT2D eigenvalue weighted by molar-refractivity contribution is 0.242. The molecule has 1 saturated carbocycles. The van der Waals surface area contributed by atoms with Crippen molar-refractivity contribution in [3.63, 3.8) is 0 Å². The fraction of sp³-hybridized carbons (Fsp3) is 0.600. The maximum absolute atomic E-state index is 9.91. The van der Waals surface area contributed by atoms with E-state index in [9.17, 15) is 5.11 Å². The van der Waals surface area contributed by atoms with Crippen molar-refractivity contribution >= 4 is 0 Å². The molecule has 4 heteroatoms. The highest BCUT2D eigenvalue weighted by molar-refractivity contribution is 5.41. The standard InChI is InChI=1S/C15H23NO3/c1-11(16-10-15(5-6-15)7-8-17)13-9-12(19-2)3-4-14(13)18/h3-4,9,11,16-18H,5-8,10H2,1-2H3. The molecule has 0 spiro atoms. The molecule has 19 heavy (non-hydrogen) atoms. The predicted octanol–water partition coefficient (Wildman–Crippen LogP) is 2.21. The third kappa shape index (κ3) is 3.39. The molecule has 1 aromatic rings. The summed E-state index contributed by atoms with van der Waals surface area (Å²) in [6.07, 6.45) is 3.21. The van der Waals surface area contributed by atoms with Gasteiger partial charge in [0, 0.05) is 24.8 Å². The van der Waals surface area contributed by atoms with Crippen LogP contribution in [0, 0.1) is 5.41 Å². The van der Waals surface area contributed by atoms with Gasteiger partial charge in [-0.2, -0.15) is 0 Å². The first-order chi connectivity index (χ1) is 9.10. The Hall–Kier alpha value is -1.26. The SMILES string of the molecule is COc1ccc(O)c(C(C)NCC2(CCO)CC2)c1. The van der Waals surface area contributed by atoms with Gasteiger partial charge >= 0.3 is 0 Å². The summed E-state index contributed by atoms with van der Waals surface area (Å²) in [5, 5.41) is 22.4. The first-order valence-electron chi connectivity index (χ1n) is 6.81. The Morgan fingerprint density at radius 2 is 2.16 bits per heavy atom. The molecule has 3 N–H and O–H groups in total. The molecule has 0 saturated heterocycles. The van der Waals surface area contributed by atoms with Gasteiger partial charge in [0.25, 0.3) is 0 Å². The summed E-state index contributed by atoms with van der Waals surface area (Å²) in [6.45, 7) is 3.16. The first-order valence-corrected chi connectivity index (χ1v) is 6.81. The lowest BCUT2D eigenvalue weighted by Crippen LogP contribution is -2.27. The number of hydrogen-bond donors (Lipinski definition) is 3. The van der Waals surface area contributed by atoms with Gasteiger partial charge in [-0.1, -0.05) is 0 Å². The van der Waals surface area contributed by atoms with Crippen molar-refractivity contribution in [3.8, 4) is 11.5 Å². The van der Waals surface area contributed by atoms with Gasteiger partial charge in [-0.05, 0) is 49.8 Å². The lowest BCUT2D eigenvalue weighted by atomic mass is 10.0. The minimum Gasteiger partial charge on any atom is -0.508 e. The van der Waals surface area contributed by atoms with Gasteiger partial charge in [-0.3, -0.25) is 0 Å². The summed E-state index contributed by atoms with van der Waals surface area (Å²) in [6, 6.07) is 5.33. The average molecular weight is 265 g/mol. The third-order valence-electron chi connectivity index (χ3n) is 4.08.